The van der Waals surface area contributed by atoms with E-state index in [1.165, 1.54) is 0 Å². The Morgan fingerprint density at radius 3 is 2.77 bits per heavy atom. The molecular formula is C10H14BrNO. The first kappa shape index (κ1) is 10.5. The van der Waals surface area contributed by atoms with Crippen LogP contribution in [0.2, 0.25) is 0 Å². The van der Waals surface area contributed by atoms with Gasteiger partial charge in [-0.05, 0) is 37.6 Å². The molecule has 1 rings (SSSR count). The van der Waals surface area contributed by atoms with Crippen molar-refractivity contribution in [2.45, 2.75) is 20.0 Å². The minimum absolute atomic E-state index is 0.0693. The molecule has 0 aliphatic heterocycles. The predicted molar refractivity (Wildman–Crippen MR) is 58.0 cm³/mol. The molecule has 0 spiro atoms. The van der Waals surface area contributed by atoms with E-state index in [4.69, 9.17) is 10.5 Å². The van der Waals surface area contributed by atoms with E-state index >= 15 is 0 Å². The molecular weight excluding hydrogens is 230 g/mol. The van der Waals surface area contributed by atoms with Crippen LogP contribution >= 0.6 is 15.9 Å². The number of halogens is 1. The van der Waals surface area contributed by atoms with Gasteiger partial charge in [0.15, 0.2) is 0 Å². The van der Waals surface area contributed by atoms with Gasteiger partial charge in [-0.25, -0.2) is 0 Å². The summed E-state index contributed by atoms with van der Waals surface area (Å²) in [6, 6.07) is 5.94. The number of hydrogen-bond acceptors (Lipinski definition) is 2. The Labute approximate surface area is 87.2 Å². The van der Waals surface area contributed by atoms with Crippen molar-refractivity contribution in [2.24, 2.45) is 5.73 Å². The Bertz CT molecular complexity index is 288. The Morgan fingerprint density at radius 1 is 1.54 bits per heavy atom. The molecule has 3 heteroatoms. The summed E-state index contributed by atoms with van der Waals surface area (Å²) < 4.78 is 6.67. The number of ether oxygens (including phenoxy) is 1. The van der Waals surface area contributed by atoms with Crippen LogP contribution in [0.3, 0.4) is 0 Å². The van der Waals surface area contributed by atoms with Gasteiger partial charge in [-0.1, -0.05) is 15.9 Å². The largest absolute Gasteiger partial charge is 0.489 e. The molecule has 0 aromatic heterocycles. The smallest absolute Gasteiger partial charge is 0.122 e. The zero-order valence-electron chi connectivity index (χ0n) is 7.88. The highest BCUT2D eigenvalue weighted by atomic mass is 79.9. The molecule has 0 radical (unpaired) electrons. The summed E-state index contributed by atoms with van der Waals surface area (Å²) in [6.07, 6.45) is 0.0693. The summed E-state index contributed by atoms with van der Waals surface area (Å²) in [5, 5.41) is 0. The average molecular weight is 244 g/mol. The van der Waals surface area contributed by atoms with E-state index in [0.29, 0.717) is 6.54 Å². The fraction of sp³-hybridized carbons (Fsp3) is 0.400. The molecule has 1 atom stereocenters. The first-order valence-electron chi connectivity index (χ1n) is 4.26. The molecule has 0 aliphatic carbocycles. The highest BCUT2D eigenvalue weighted by Gasteiger charge is 2.04. The van der Waals surface area contributed by atoms with E-state index in [1.54, 1.807) is 0 Å². The molecule has 0 fully saturated rings. The van der Waals surface area contributed by atoms with Gasteiger partial charge >= 0.3 is 0 Å². The fourth-order valence-corrected chi connectivity index (χ4v) is 1.49. The summed E-state index contributed by atoms with van der Waals surface area (Å²) in [5.41, 5.74) is 6.59. The zero-order chi connectivity index (χ0) is 9.84. The van der Waals surface area contributed by atoms with Gasteiger partial charge in [-0.15, -0.1) is 0 Å². The Balaban J connectivity index is 2.77. The van der Waals surface area contributed by atoms with Crippen LogP contribution in [0, 0.1) is 6.92 Å². The second kappa shape index (κ2) is 4.63. The third kappa shape index (κ3) is 3.01. The van der Waals surface area contributed by atoms with Crippen LogP contribution in [-0.2, 0) is 0 Å². The maximum atomic E-state index is 5.60. The molecule has 0 saturated carbocycles. The molecule has 1 unspecified atom stereocenters. The van der Waals surface area contributed by atoms with E-state index in [0.717, 1.165) is 15.8 Å². The van der Waals surface area contributed by atoms with Crippen LogP contribution in [0.4, 0.5) is 0 Å². The SMILES string of the molecule is Cc1cc(Br)ccc1OC(C)CN. The van der Waals surface area contributed by atoms with E-state index in [2.05, 4.69) is 15.9 Å². The van der Waals surface area contributed by atoms with E-state index in [9.17, 15) is 0 Å². The van der Waals surface area contributed by atoms with Crippen LogP contribution < -0.4 is 10.5 Å². The van der Waals surface area contributed by atoms with Crippen molar-refractivity contribution in [2.75, 3.05) is 6.54 Å². The lowest BCUT2D eigenvalue weighted by atomic mass is 10.2. The summed E-state index contributed by atoms with van der Waals surface area (Å²) in [5.74, 6) is 0.904. The van der Waals surface area contributed by atoms with Gasteiger partial charge < -0.3 is 10.5 Å². The number of hydrogen-bond donors (Lipinski definition) is 1. The Kier molecular flexibility index (Phi) is 3.75. The Morgan fingerprint density at radius 2 is 2.23 bits per heavy atom. The summed E-state index contributed by atoms with van der Waals surface area (Å²) in [4.78, 5) is 0. The maximum absolute atomic E-state index is 5.60. The molecule has 0 aliphatic rings. The highest BCUT2D eigenvalue weighted by Crippen LogP contribution is 2.22. The van der Waals surface area contributed by atoms with Gasteiger partial charge in [0.2, 0.25) is 0 Å². The first-order chi connectivity index (χ1) is 6.13. The van der Waals surface area contributed by atoms with E-state index in [-0.39, 0.29) is 6.10 Å². The maximum Gasteiger partial charge on any atom is 0.122 e. The number of rotatable bonds is 3. The summed E-state index contributed by atoms with van der Waals surface area (Å²) >= 11 is 3.40. The van der Waals surface area contributed by atoms with Gasteiger partial charge in [0.25, 0.3) is 0 Å². The number of benzene rings is 1. The van der Waals surface area contributed by atoms with Gasteiger partial charge in [0, 0.05) is 11.0 Å². The van der Waals surface area contributed by atoms with Crippen molar-refractivity contribution in [1.29, 1.82) is 0 Å². The van der Waals surface area contributed by atoms with Crippen molar-refractivity contribution >= 4 is 15.9 Å². The second-order valence-corrected chi connectivity index (χ2v) is 3.99. The molecule has 0 saturated heterocycles. The van der Waals surface area contributed by atoms with Gasteiger partial charge in [0.1, 0.15) is 11.9 Å². The fourth-order valence-electron chi connectivity index (χ4n) is 1.01. The molecule has 2 N–H and O–H groups in total. The molecule has 72 valence electrons. The van der Waals surface area contributed by atoms with Crippen molar-refractivity contribution in [3.63, 3.8) is 0 Å². The van der Waals surface area contributed by atoms with Crippen molar-refractivity contribution in [3.8, 4) is 5.75 Å². The van der Waals surface area contributed by atoms with Crippen LogP contribution in [0.1, 0.15) is 12.5 Å². The molecule has 2 nitrogen and oxygen atoms in total. The number of aryl methyl sites for hydroxylation is 1. The van der Waals surface area contributed by atoms with Crippen LogP contribution in [0.25, 0.3) is 0 Å². The molecule has 1 aromatic carbocycles. The summed E-state index contributed by atoms with van der Waals surface area (Å²) in [7, 11) is 0. The molecule has 13 heavy (non-hydrogen) atoms. The normalized spacial score (nSPS) is 12.6. The van der Waals surface area contributed by atoms with Crippen LogP contribution in [0.5, 0.6) is 5.75 Å². The van der Waals surface area contributed by atoms with Gasteiger partial charge in [-0.2, -0.15) is 0 Å². The van der Waals surface area contributed by atoms with Crippen LogP contribution in [0.15, 0.2) is 22.7 Å². The summed E-state index contributed by atoms with van der Waals surface area (Å²) in [6.45, 7) is 4.51. The average Bonchev–Trinajstić information content (AvgIpc) is 2.09. The monoisotopic (exact) mass is 243 g/mol. The van der Waals surface area contributed by atoms with Crippen molar-refractivity contribution in [1.82, 2.24) is 0 Å². The van der Waals surface area contributed by atoms with Gasteiger partial charge in [-0.3, -0.25) is 0 Å². The lowest BCUT2D eigenvalue weighted by molar-refractivity contribution is 0.228. The molecule has 0 amide bonds. The molecule has 0 heterocycles. The van der Waals surface area contributed by atoms with Crippen molar-refractivity contribution < 1.29 is 4.74 Å². The van der Waals surface area contributed by atoms with Gasteiger partial charge in [0.05, 0.1) is 0 Å². The highest BCUT2D eigenvalue weighted by molar-refractivity contribution is 9.10. The minimum Gasteiger partial charge on any atom is -0.489 e. The van der Waals surface area contributed by atoms with Crippen molar-refractivity contribution in [3.05, 3.63) is 28.2 Å². The van der Waals surface area contributed by atoms with E-state index < -0.39 is 0 Å². The molecule has 1 aromatic rings. The van der Waals surface area contributed by atoms with Crippen LogP contribution in [-0.4, -0.2) is 12.6 Å². The first-order valence-corrected chi connectivity index (χ1v) is 5.05. The second-order valence-electron chi connectivity index (χ2n) is 3.07. The van der Waals surface area contributed by atoms with E-state index in [1.807, 2.05) is 32.0 Å². The quantitative estimate of drug-likeness (QED) is 0.886. The third-order valence-corrected chi connectivity index (χ3v) is 2.29. The minimum atomic E-state index is 0.0693. The lowest BCUT2D eigenvalue weighted by Crippen LogP contribution is -2.23. The zero-order valence-corrected chi connectivity index (χ0v) is 9.47. The molecule has 0 bridgehead atoms. The lowest BCUT2D eigenvalue weighted by Gasteiger charge is -2.14. The number of nitrogens with two attached hydrogens (primary N) is 1. The predicted octanol–water partition coefficient (Wildman–Crippen LogP) is 2.48. The topological polar surface area (TPSA) is 35.2 Å². The third-order valence-electron chi connectivity index (χ3n) is 1.80. The Hall–Kier alpha value is -0.540. The standard InChI is InChI=1S/C10H14BrNO/c1-7-5-9(11)3-4-10(7)13-8(2)6-12/h3-5,8H,6,12H2,1-2H3.